The van der Waals surface area contributed by atoms with Gasteiger partial charge in [-0.25, -0.2) is 9.59 Å². The maximum atomic E-state index is 12.9. The maximum absolute atomic E-state index is 12.9. The van der Waals surface area contributed by atoms with Crippen LogP contribution < -0.4 is 15.4 Å². The molecule has 4 rings (SSSR count). The molecular formula is C25H19ClN4O9. The molecule has 1 saturated heterocycles. The van der Waals surface area contributed by atoms with Crippen molar-refractivity contribution in [2.75, 3.05) is 19.0 Å². The highest BCUT2D eigenvalue weighted by Gasteiger charge is 2.35. The van der Waals surface area contributed by atoms with Gasteiger partial charge in [-0.1, -0.05) is 23.7 Å². The summed E-state index contributed by atoms with van der Waals surface area (Å²) in [5.41, 5.74) is -0.147. The number of nitro groups is 1. The number of imide groups is 1. The minimum Gasteiger partial charge on any atom is -0.476 e. The van der Waals surface area contributed by atoms with E-state index in [0.717, 1.165) is 4.90 Å². The number of esters is 1. The lowest BCUT2D eigenvalue weighted by Gasteiger charge is -2.11. The van der Waals surface area contributed by atoms with Gasteiger partial charge in [0.25, 0.3) is 11.8 Å². The Kier molecular flexibility index (Phi) is 7.91. The molecule has 39 heavy (non-hydrogen) atoms. The van der Waals surface area contributed by atoms with Crippen LogP contribution in [-0.2, 0) is 20.9 Å². The van der Waals surface area contributed by atoms with Gasteiger partial charge in [0.05, 0.1) is 18.6 Å². The number of benzene rings is 2. The van der Waals surface area contributed by atoms with Gasteiger partial charge < -0.3 is 24.5 Å². The van der Waals surface area contributed by atoms with E-state index in [0.29, 0.717) is 10.7 Å². The number of ether oxygens (including phenoxy) is 2. The van der Waals surface area contributed by atoms with Gasteiger partial charge in [0, 0.05) is 22.3 Å². The van der Waals surface area contributed by atoms with Crippen LogP contribution in [0.2, 0.25) is 5.02 Å². The van der Waals surface area contributed by atoms with E-state index in [1.165, 1.54) is 43.5 Å². The first-order valence-electron chi connectivity index (χ1n) is 11.1. The third-order valence-corrected chi connectivity index (χ3v) is 5.57. The maximum Gasteiger partial charge on any atom is 0.373 e. The number of nitro benzene ring substituents is 1. The third-order valence-electron chi connectivity index (χ3n) is 5.32. The average molecular weight is 555 g/mol. The molecule has 200 valence electrons. The van der Waals surface area contributed by atoms with Gasteiger partial charge in [-0.15, -0.1) is 0 Å². The van der Waals surface area contributed by atoms with Gasteiger partial charge in [0.1, 0.15) is 11.5 Å². The molecule has 0 saturated carbocycles. The predicted octanol–water partition coefficient (Wildman–Crippen LogP) is 3.74. The average Bonchev–Trinajstić information content (AvgIpc) is 3.49. The van der Waals surface area contributed by atoms with Crippen molar-refractivity contribution in [3.05, 3.63) is 92.5 Å². The molecule has 2 aromatic carbocycles. The number of hydrogen-bond donors (Lipinski definition) is 2. The van der Waals surface area contributed by atoms with Gasteiger partial charge in [-0.05, 0) is 42.5 Å². The molecule has 0 unspecified atom stereocenters. The predicted molar refractivity (Wildman–Crippen MR) is 136 cm³/mol. The molecule has 2 heterocycles. The second-order valence-electron chi connectivity index (χ2n) is 7.93. The number of methoxy groups -OCH3 is 1. The summed E-state index contributed by atoms with van der Waals surface area (Å²) in [6.07, 6.45) is 1.20. The molecule has 1 aliphatic heterocycles. The molecule has 0 bridgehead atoms. The van der Waals surface area contributed by atoms with Crippen molar-refractivity contribution in [3.63, 3.8) is 0 Å². The lowest BCUT2D eigenvalue weighted by atomic mass is 10.1. The lowest BCUT2D eigenvalue weighted by molar-refractivity contribution is -0.385. The number of furan rings is 1. The van der Waals surface area contributed by atoms with Crippen LogP contribution >= 0.6 is 11.6 Å². The standard InChI is InChI=1S/C25H19ClN4O9/c1-37-24(33)20-10-9-17(39-20)12-29-23(32)18(28-25(29)34)11-14-3-2-4-19(30(35)36)22(14)38-13-21(31)27-16-7-5-15(26)6-8-16/h2-11H,12-13H2,1H3,(H,27,31)(H,28,34)/b18-11-. The lowest BCUT2D eigenvalue weighted by Crippen LogP contribution is -2.30. The van der Waals surface area contributed by atoms with Crippen LogP contribution in [0.1, 0.15) is 21.9 Å². The topological polar surface area (TPSA) is 170 Å². The third kappa shape index (κ3) is 6.22. The molecule has 3 aromatic rings. The fraction of sp³-hybridized carbons (Fsp3) is 0.120. The normalized spacial score (nSPS) is 13.8. The number of amides is 4. The van der Waals surface area contributed by atoms with Crippen molar-refractivity contribution in [1.29, 1.82) is 0 Å². The minimum atomic E-state index is -0.780. The molecule has 0 atom stereocenters. The zero-order chi connectivity index (χ0) is 28.1. The molecule has 0 radical (unpaired) electrons. The molecule has 14 heteroatoms. The number of carbonyl (C=O) groups excluding carboxylic acids is 4. The number of nitrogens with one attached hydrogen (secondary N) is 2. The van der Waals surface area contributed by atoms with Gasteiger partial charge >= 0.3 is 17.7 Å². The molecule has 2 N–H and O–H groups in total. The minimum absolute atomic E-state index is 0.0694. The van der Waals surface area contributed by atoms with Gasteiger partial charge in [0.15, 0.2) is 6.61 Å². The number of nitrogens with zero attached hydrogens (tertiary/aromatic N) is 2. The summed E-state index contributed by atoms with van der Waals surface area (Å²) in [5, 5.41) is 17.1. The van der Waals surface area contributed by atoms with Gasteiger partial charge in [0.2, 0.25) is 11.5 Å². The number of hydrogen-bond acceptors (Lipinski definition) is 9. The molecule has 13 nitrogen and oxygen atoms in total. The van der Waals surface area contributed by atoms with E-state index in [4.69, 9.17) is 20.8 Å². The number of anilines is 1. The summed E-state index contributed by atoms with van der Waals surface area (Å²) in [7, 11) is 1.18. The molecule has 0 spiro atoms. The molecule has 1 aromatic heterocycles. The van der Waals surface area contributed by atoms with Crippen LogP contribution in [0.5, 0.6) is 5.75 Å². The summed E-state index contributed by atoms with van der Waals surface area (Å²) in [4.78, 5) is 61.1. The van der Waals surface area contributed by atoms with E-state index in [1.807, 2.05) is 0 Å². The molecule has 1 fully saturated rings. The van der Waals surface area contributed by atoms with Crippen molar-refractivity contribution in [2.45, 2.75) is 6.54 Å². The van der Waals surface area contributed by atoms with E-state index in [9.17, 15) is 29.3 Å². The Hall–Kier alpha value is -5.17. The Labute approximate surface area is 225 Å². The molecular weight excluding hydrogens is 536 g/mol. The Bertz CT molecular complexity index is 1500. The molecule has 1 aliphatic rings. The smallest absolute Gasteiger partial charge is 0.373 e. The van der Waals surface area contributed by atoms with Crippen LogP contribution in [0.4, 0.5) is 16.2 Å². The summed E-state index contributed by atoms with van der Waals surface area (Å²) in [5.74, 6) is -2.32. The highest BCUT2D eigenvalue weighted by molar-refractivity contribution is 6.30. The van der Waals surface area contributed by atoms with E-state index >= 15 is 0 Å². The second kappa shape index (κ2) is 11.5. The number of para-hydroxylation sites is 1. The highest BCUT2D eigenvalue weighted by atomic mass is 35.5. The Morgan fingerprint density at radius 2 is 1.90 bits per heavy atom. The van der Waals surface area contributed by atoms with Crippen LogP contribution in [0.25, 0.3) is 6.08 Å². The van der Waals surface area contributed by atoms with Gasteiger partial charge in [-0.3, -0.25) is 24.6 Å². The van der Waals surface area contributed by atoms with Crippen molar-refractivity contribution in [1.82, 2.24) is 10.2 Å². The number of rotatable bonds is 9. The molecule has 0 aliphatic carbocycles. The van der Waals surface area contributed by atoms with E-state index in [1.54, 1.807) is 24.3 Å². The van der Waals surface area contributed by atoms with Crippen molar-refractivity contribution in [2.24, 2.45) is 0 Å². The SMILES string of the molecule is COC(=O)c1ccc(CN2C(=O)N/C(=C\c3cccc([N+](=O)[O-])c3OCC(=O)Nc3ccc(Cl)cc3)C2=O)o1. The largest absolute Gasteiger partial charge is 0.476 e. The number of carbonyl (C=O) groups is 4. The van der Waals surface area contributed by atoms with E-state index in [2.05, 4.69) is 15.4 Å². The number of halogens is 1. The number of urea groups is 1. The van der Waals surface area contributed by atoms with Crippen LogP contribution in [0, 0.1) is 10.1 Å². The fourth-order valence-corrected chi connectivity index (χ4v) is 3.65. The quantitative estimate of drug-likeness (QED) is 0.131. The van der Waals surface area contributed by atoms with Crippen molar-refractivity contribution in [3.8, 4) is 5.75 Å². The first-order chi connectivity index (χ1) is 18.7. The Balaban J connectivity index is 1.53. The van der Waals surface area contributed by atoms with E-state index in [-0.39, 0.29) is 35.1 Å². The van der Waals surface area contributed by atoms with Crippen molar-refractivity contribution >= 4 is 52.9 Å². The Morgan fingerprint density at radius 1 is 1.15 bits per heavy atom. The Morgan fingerprint density at radius 3 is 2.59 bits per heavy atom. The summed E-state index contributed by atoms with van der Waals surface area (Å²) >= 11 is 5.83. The summed E-state index contributed by atoms with van der Waals surface area (Å²) in [6.45, 7) is -0.876. The zero-order valence-corrected chi connectivity index (χ0v) is 20.9. The van der Waals surface area contributed by atoms with Gasteiger partial charge in [-0.2, -0.15) is 0 Å². The van der Waals surface area contributed by atoms with Crippen molar-refractivity contribution < 1.29 is 38.0 Å². The van der Waals surface area contributed by atoms with Crippen LogP contribution in [0.15, 0.2) is 64.7 Å². The highest BCUT2D eigenvalue weighted by Crippen LogP contribution is 2.33. The second-order valence-corrected chi connectivity index (χ2v) is 8.37. The summed E-state index contributed by atoms with van der Waals surface area (Å²) < 4.78 is 15.4. The fourth-order valence-electron chi connectivity index (χ4n) is 3.52. The van der Waals surface area contributed by atoms with Crippen LogP contribution in [0.3, 0.4) is 0 Å². The zero-order valence-electron chi connectivity index (χ0n) is 20.1. The summed E-state index contributed by atoms with van der Waals surface area (Å²) in [6, 6.07) is 12.2. The van der Waals surface area contributed by atoms with E-state index < -0.39 is 41.0 Å². The van der Waals surface area contributed by atoms with Crippen LogP contribution in [-0.4, -0.2) is 47.4 Å². The first kappa shape index (κ1) is 26.9. The first-order valence-corrected chi connectivity index (χ1v) is 11.5. The molecule has 4 amide bonds. The monoisotopic (exact) mass is 554 g/mol.